The van der Waals surface area contributed by atoms with Gasteiger partial charge in [-0.25, -0.2) is 4.39 Å². The summed E-state index contributed by atoms with van der Waals surface area (Å²) in [5, 5.41) is 8.07. The fraction of sp³-hybridized carbons (Fsp3) is 0.115. The number of anilines is 1. The highest BCUT2D eigenvalue weighted by molar-refractivity contribution is 7.80. The van der Waals surface area contributed by atoms with Crippen LogP contribution in [0.2, 0.25) is 0 Å². The molecule has 0 spiro atoms. The van der Waals surface area contributed by atoms with Crippen molar-refractivity contribution in [1.29, 1.82) is 0 Å². The third kappa shape index (κ3) is 4.04. The summed E-state index contributed by atoms with van der Waals surface area (Å²) < 4.78 is 24.8. The molecule has 0 fully saturated rings. The van der Waals surface area contributed by atoms with Crippen LogP contribution in [-0.2, 0) is 0 Å². The van der Waals surface area contributed by atoms with Crippen LogP contribution < -0.4 is 15.0 Å². The first-order valence-electron chi connectivity index (χ1n) is 10.7. The van der Waals surface area contributed by atoms with Crippen molar-refractivity contribution >= 4 is 28.6 Å². The van der Waals surface area contributed by atoms with Gasteiger partial charge in [0, 0.05) is 17.3 Å². The van der Waals surface area contributed by atoms with E-state index in [-0.39, 0.29) is 5.82 Å². The molecule has 0 radical (unpaired) electrons. The molecule has 1 N–H and O–H groups in total. The number of nitrogens with zero attached hydrogens (tertiary/aromatic N) is 3. The quantitative estimate of drug-likeness (QED) is 0.371. The van der Waals surface area contributed by atoms with Gasteiger partial charge in [-0.15, -0.1) is 0 Å². The van der Waals surface area contributed by atoms with Crippen molar-refractivity contribution in [2.45, 2.75) is 13.0 Å². The minimum atomic E-state index is -0.404. The number of hydrogen-bond acceptors (Lipinski definition) is 5. The Bertz CT molecular complexity index is 1370. The van der Waals surface area contributed by atoms with Gasteiger partial charge >= 0.3 is 0 Å². The number of halogens is 1. The van der Waals surface area contributed by atoms with Crippen LogP contribution in [-0.4, -0.2) is 22.4 Å². The maximum atomic E-state index is 13.7. The van der Waals surface area contributed by atoms with Gasteiger partial charge in [0.15, 0.2) is 5.11 Å². The van der Waals surface area contributed by atoms with Crippen LogP contribution in [0.25, 0.3) is 17.0 Å². The molecule has 0 aliphatic carbocycles. The molecule has 0 saturated carbocycles. The normalized spacial score (nSPS) is 15.9. The lowest BCUT2D eigenvalue weighted by atomic mass is 9.94. The standard InChI is InChI=1S/C26H21FN4O2S/c1-16-22(25-29-24(30-33-25)18-7-4-3-5-8-18)23(17-11-13-19(27)14-12-17)28-26(34)31(16)20-9-6-10-21(15-20)32-2/h3-15,23H,1-2H3,(H,28,34). The molecule has 4 aromatic rings. The third-order valence-corrected chi connectivity index (χ3v) is 5.99. The summed E-state index contributed by atoms with van der Waals surface area (Å²) in [6, 6.07) is 23.1. The monoisotopic (exact) mass is 472 g/mol. The first-order valence-corrected chi connectivity index (χ1v) is 11.1. The van der Waals surface area contributed by atoms with Crippen molar-refractivity contribution in [1.82, 2.24) is 15.5 Å². The first-order chi connectivity index (χ1) is 16.5. The highest BCUT2D eigenvalue weighted by Crippen LogP contribution is 2.39. The summed E-state index contributed by atoms with van der Waals surface area (Å²) in [5.74, 6) is 1.23. The van der Waals surface area contributed by atoms with E-state index < -0.39 is 6.04 Å². The van der Waals surface area contributed by atoms with Gasteiger partial charge in [-0.3, -0.25) is 4.90 Å². The lowest BCUT2D eigenvalue weighted by Gasteiger charge is -2.37. The molecule has 2 heterocycles. The predicted molar refractivity (Wildman–Crippen MR) is 133 cm³/mol. The van der Waals surface area contributed by atoms with E-state index in [2.05, 4.69) is 10.5 Å². The molecule has 1 atom stereocenters. The van der Waals surface area contributed by atoms with Crippen molar-refractivity contribution in [3.63, 3.8) is 0 Å². The van der Waals surface area contributed by atoms with Crippen molar-refractivity contribution in [2.75, 3.05) is 12.0 Å². The van der Waals surface area contributed by atoms with Gasteiger partial charge in [0.25, 0.3) is 5.89 Å². The molecule has 0 bridgehead atoms. The zero-order chi connectivity index (χ0) is 23.7. The van der Waals surface area contributed by atoms with Gasteiger partial charge in [-0.1, -0.05) is 53.7 Å². The minimum Gasteiger partial charge on any atom is -0.497 e. The van der Waals surface area contributed by atoms with E-state index in [1.165, 1.54) is 12.1 Å². The molecule has 34 heavy (non-hydrogen) atoms. The average Bonchev–Trinajstić information content (AvgIpc) is 3.35. The van der Waals surface area contributed by atoms with Crippen LogP contribution in [0, 0.1) is 5.82 Å². The molecule has 1 aliphatic rings. The van der Waals surface area contributed by atoms with Gasteiger partial charge in [0.1, 0.15) is 11.6 Å². The Hall–Kier alpha value is -4.04. The van der Waals surface area contributed by atoms with Gasteiger partial charge in [-0.05, 0) is 49.0 Å². The topological polar surface area (TPSA) is 63.4 Å². The maximum absolute atomic E-state index is 13.7. The number of ether oxygens (including phenoxy) is 1. The molecule has 5 rings (SSSR count). The highest BCUT2D eigenvalue weighted by atomic mass is 32.1. The molecule has 1 unspecified atom stereocenters. The van der Waals surface area contributed by atoms with Crippen molar-refractivity contribution in [3.8, 4) is 17.1 Å². The Morgan fingerprint density at radius 2 is 1.79 bits per heavy atom. The minimum absolute atomic E-state index is 0.313. The smallest absolute Gasteiger partial charge is 0.258 e. The Kier molecular flexibility index (Phi) is 5.81. The predicted octanol–water partition coefficient (Wildman–Crippen LogP) is 5.75. The van der Waals surface area contributed by atoms with Gasteiger partial charge in [0.05, 0.1) is 24.4 Å². The average molecular weight is 473 g/mol. The van der Waals surface area contributed by atoms with Gasteiger partial charge < -0.3 is 14.6 Å². The second kappa shape index (κ2) is 9.07. The SMILES string of the molecule is COc1cccc(N2C(=S)NC(c3ccc(F)cc3)C(c3nc(-c4ccccc4)no3)=C2C)c1. The molecule has 170 valence electrons. The molecule has 0 saturated heterocycles. The lowest BCUT2D eigenvalue weighted by molar-refractivity contribution is 0.404. The fourth-order valence-electron chi connectivity index (χ4n) is 4.02. The zero-order valence-electron chi connectivity index (χ0n) is 18.5. The van der Waals surface area contributed by atoms with Crippen LogP contribution >= 0.6 is 12.2 Å². The molecule has 0 amide bonds. The van der Waals surface area contributed by atoms with E-state index in [1.54, 1.807) is 19.2 Å². The molecule has 8 heteroatoms. The number of aromatic nitrogens is 2. The molecule has 3 aromatic carbocycles. The second-order valence-corrected chi connectivity index (χ2v) is 8.15. The van der Waals surface area contributed by atoms with E-state index in [0.29, 0.717) is 22.6 Å². The number of methoxy groups -OCH3 is 1. The van der Waals surface area contributed by atoms with E-state index in [0.717, 1.165) is 28.1 Å². The lowest BCUT2D eigenvalue weighted by Crippen LogP contribution is -2.46. The number of allylic oxidation sites excluding steroid dienone is 1. The summed E-state index contributed by atoms with van der Waals surface area (Å²) in [7, 11) is 1.62. The number of nitrogens with one attached hydrogen (secondary N) is 1. The molecule has 1 aromatic heterocycles. The summed E-state index contributed by atoms with van der Waals surface area (Å²) in [6.45, 7) is 1.95. The summed E-state index contributed by atoms with van der Waals surface area (Å²) in [5.41, 5.74) is 4.06. The van der Waals surface area contributed by atoms with E-state index in [4.69, 9.17) is 26.5 Å². The van der Waals surface area contributed by atoms with Crippen molar-refractivity contribution < 1.29 is 13.7 Å². The van der Waals surface area contributed by atoms with Crippen LogP contribution in [0.1, 0.15) is 24.4 Å². The molecule has 1 aliphatic heterocycles. The van der Waals surface area contributed by atoms with Crippen molar-refractivity contribution in [3.05, 3.63) is 102 Å². The van der Waals surface area contributed by atoms with Crippen LogP contribution in [0.4, 0.5) is 10.1 Å². The summed E-state index contributed by atoms with van der Waals surface area (Å²) >= 11 is 5.75. The van der Waals surface area contributed by atoms with Gasteiger partial charge in [-0.2, -0.15) is 4.98 Å². The Balaban J connectivity index is 1.66. The van der Waals surface area contributed by atoms with Crippen LogP contribution in [0.3, 0.4) is 0 Å². The van der Waals surface area contributed by atoms with Crippen LogP contribution in [0.5, 0.6) is 5.75 Å². The Morgan fingerprint density at radius 1 is 1.03 bits per heavy atom. The largest absolute Gasteiger partial charge is 0.497 e. The number of hydrogen-bond donors (Lipinski definition) is 1. The molecular formula is C26H21FN4O2S. The molecular weight excluding hydrogens is 451 g/mol. The highest BCUT2D eigenvalue weighted by Gasteiger charge is 2.35. The number of thiocarbonyl (C=S) groups is 1. The zero-order valence-corrected chi connectivity index (χ0v) is 19.3. The Morgan fingerprint density at radius 3 is 2.53 bits per heavy atom. The van der Waals surface area contributed by atoms with Crippen LogP contribution in [0.15, 0.2) is 89.1 Å². The number of rotatable bonds is 5. The Labute approximate surface area is 201 Å². The summed E-state index contributed by atoms with van der Waals surface area (Å²) in [6.07, 6.45) is 0. The first kappa shape index (κ1) is 21.8. The third-order valence-electron chi connectivity index (χ3n) is 5.69. The maximum Gasteiger partial charge on any atom is 0.258 e. The van der Waals surface area contributed by atoms with E-state index >= 15 is 0 Å². The fourth-order valence-corrected chi connectivity index (χ4v) is 4.38. The molecule has 6 nitrogen and oxygen atoms in total. The van der Waals surface area contributed by atoms with E-state index in [1.807, 2.05) is 66.4 Å². The number of benzene rings is 3. The van der Waals surface area contributed by atoms with E-state index in [9.17, 15) is 4.39 Å². The van der Waals surface area contributed by atoms with Crippen molar-refractivity contribution in [2.24, 2.45) is 0 Å². The summed E-state index contributed by atoms with van der Waals surface area (Å²) in [4.78, 5) is 6.59. The van der Waals surface area contributed by atoms with Gasteiger partial charge in [0.2, 0.25) is 5.82 Å². The second-order valence-electron chi connectivity index (χ2n) is 7.76.